The number of amides is 1. The van der Waals surface area contributed by atoms with E-state index >= 15 is 0 Å². The summed E-state index contributed by atoms with van der Waals surface area (Å²) in [5.41, 5.74) is 1.69. The van der Waals surface area contributed by atoms with Gasteiger partial charge in [-0.2, -0.15) is 0 Å². The maximum absolute atomic E-state index is 12.0. The Morgan fingerprint density at radius 2 is 1.65 bits per heavy atom. The normalized spacial score (nSPS) is 10.4. The molecule has 26 heavy (non-hydrogen) atoms. The molecule has 0 aliphatic carbocycles. The van der Waals surface area contributed by atoms with E-state index in [-0.39, 0.29) is 11.7 Å². The highest BCUT2D eigenvalue weighted by molar-refractivity contribution is 5.92. The summed E-state index contributed by atoms with van der Waals surface area (Å²) in [7, 11) is 2.92. The average molecular weight is 355 g/mol. The number of methoxy groups -OCH3 is 2. The lowest BCUT2D eigenvalue weighted by Gasteiger charge is -2.13. The maximum Gasteiger partial charge on any atom is 0.308 e. The fourth-order valence-corrected chi connectivity index (χ4v) is 2.26. The Hall–Kier alpha value is -3.28. The summed E-state index contributed by atoms with van der Waals surface area (Å²) in [5.74, 6) is 0.169. The number of nitrogens with one attached hydrogen (secondary N) is 1. The summed E-state index contributed by atoms with van der Waals surface area (Å²) in [5, 5.41) is 2.81. The van der Waals surface area contributed by atoms with Gasteiger partial charge in [0.1, 0.15) is 0 Å². The van der Waals surface area contributed by atoms with Gasteiger partial charge in [-0.25, -0.2) is 0 Å². The minimum atomic E-state index is -0.481. The van der Waals surface area contributed by atoms with Crippen LogP contribution in [0.5, 0.6) is 17.2 Å². The molecule has 0 spiro atoms. The minimum absolute atomic E-state index is 0.202. The standard InChI is InChI=1S/C20H21NO5/c1-14(22)26-20-17(24-2)11-16(12-18(20)25-3)9-10-19(23)21-13-15-7-5-4-6-8-15/h4-12H,13H2,1-3H3,(H,21,23)/b10-9+. The van der Waals surface area contributed by atoms with Crippen molar-refractivity contribution in [1.82, 2.24) is 5.32 Å². The van der Waals surface area contributed by atoms with Crippen molar-refractivity contribution >= 4 is 18.0 Å². The molecule has 0 saturated heterocycles. The molecule has 6 heteroatoms. The Morgan fingerprint density at radius 1 is 1.04 bits per heavy atom. The van der Waals surface area contributed by atoms with E-state index in [1.807, 2.05) is 30.3 Å². The van der Waals surface area contributed by atoms with Crippen LogP contribution in [-0.2, 0) is 16.1 Å². The minimum Gasteiger partial charge on any atom is -0.493 e. The first kappa shape index (κ1) is 19.1. The number of esters is 1. The van der Waals surface area contributed by atoms with Crippen LogP contribution < -0.4 is 19.5 Å². The number of hydrogen-bond donors (Lipinski definition) is 1. The molecular formula is C20H21NO5. The van der Waals surface area contributed by atoms with Gasteiger partial charge >= 0.3 is 5.97 Å². The zero-order chi connectivity index (χ0) is 18.9. The third-order valence-electron chi connectivity index (χ3n) is 3.47. The Labute approximate surface area is 152 Å². The Kier molecular flexibility index (Phi) is 6.79. The maximum atomic E-state index is 12.0. The van der Waals surface area contributed by atoms with Crippen molar-refractivity contribution in [2.45, 2.75) is 13.5 Å². The van der Waals surface area contributed by atoms with Crippen molar-refractivity contribution < 1.29 is 23.8 Å². The van der Waals surface area contributed by atoms with Crippen LogP contribution in [0.15, 0.2) is 48.5 Å². The van der Waals surface area contributed by atoms with Crippen LogP contribution in [0.1, 0.15) is 18.1 Å². The second-order valence-corrected chi connectivity index (χ2v) is 5.38. The monoisotopic (exact) mass is 355 g/mol. The molecule has 0 bridgehead atoms. The molecule has 1 amide bonds. The number of carbonyl (C=O) groups is 2. The van der Waals surface area contributed by atoms with Crippen LogP contribution in [0.2, 0.25) is 0 Å². The Balaban J connectivity index is 2.11. The lowest BCUT2D eigenvalue weighted by atomic mass is 10.1. The van der Waals surface area contributed by atoms with Gasteiger partial charge in [0, 0.05) is 19.5 Å². The first-order chi connectivity index (χ1) is 12.5. The Morgan fingerprint density at radius 3 is 2.19 bits per heavy atom. The lowest BCUT2D eigenvalue weighted by molar-refractivity contribution is -0.132. The van der Waals surface area contributed by atoms with Gasteiger partial charge < -0.3 is 19.5 Å². The van der Waals surface area contributed by atoms with Gasteiger partial charge in [-0.05, 0) is 29.3 Å². The van der Waals surface area contributed by atoms with E-state index in [1.165, 1.54) is 27.2 Å². The SMILES string of the molecule is COc1cc(/C=C/C(=O)NCc2ccccc2)cc(OC)c1OC(C)=O. The molecular weight excluding hydrogens is 334 g/mol. The molecule has 0 aliphatic rings. The molecule has 0 heterocycles. The molecule has 0 radical (unpaired) electrons. The van der Waals surface area contributed by atoms with E-state index in [0.717, 1.165) is 5.56 Å². The third kappa shape index (κ3) is 5.37. The van der Waals surface area contributed by atoms with E-state index in [4.69, 9.17) is 14.2 Å². The predicted molar refractivity (Wildman–Crippen MR) is 98.2 cm³/mol. The molecule has 0 atom stereocenters. The lowest BCUT2D eigenvalue weighted by Crippen LogP contribution is -2.20. The van der Waals surface area contributed by atoms with Crippen LogP contribution in [0.25, 0.3) is 6.08 Å². The van der Waals surface area contributed by atoms with Crippen LogP contribution >= 0.6 is 0 Å². The molecule has 2 aromatic carbocycles. The number of benzene rings is 2. The zero-order valence-electron chi connectivity index (χ0n) is 14.9. The van der Waals surface area contributed by atoms with Crippen molar-refractivity contribution in [1.29, 1.82) is 0 Å². The van der Waals surface area contributed by atoms with E-state index in [9.17, 15) is 9.59 Å². The van der Waals surface area contributed by atoms with E-state index < -0.39 is 5.97 Å². The predicted octanol–water partition coefficient (Wildman–Crippen LogP) is 2.96. The van der Waals surface area contributed by atoms with Gasteiger partial charge in [-0.3, -0.25) is 9.59 Å². The Bertz CT molecular complexity index is 774. The highest BCUT2D eigenvalue weighted by atomic mass is 16.6. The van der Waals surface area contributed by atoms with Crippen LogP contribution in [0, 0.1) is 0 Å². The van der Waals surface area contributed by atoms with Crippen LogP contribution in [0.3, 0.4) is 0 Å². The summed E-state index contributed by atoms with van der Waals surface area (Å²) in [6.07, 6.45) is 3.05. The summed E-state index contributed by atoms with van der Waals surface area (Å²) in [6, 6.07) is 12.9. The molecule has 6 nitrogen and oxygen atoms in total. The molecule has 2 rings (SSSR count). The molecule has 0 fully saturated rings. The van der Waals surface area contributed by atoms with E-state index in [0.29, 0.717) is 23.6 Å². The molecule has 0 saturated carbocycles. The van der Waals surface area contributed by atoms with Crippen molar-refractivity contribution in [3.8, 4) is 17.2 Å². The smallest absolute Gasteiger partial charge is 0.308 e. The average Bonchev–Trinajstić information content (AvgIpc) is 2.65. The quantitative estimate of drug-likeness (QED) is 0.470. The first-order valence-electron chi connectivity index (χ1n) is 7.97. The van der Waals surface area contributed by atoms with Gasteiger partial charge in [0.05, 0.1) is 14.2 Å². The van der Waals surface area contributed by atoms with Crippen molar-refractivity contribution in [3.63, 3.8) is 0 Å². The third-order valence-corrected chi connectivity index (χ3v) is 3.47. The summed E-state index contributed by atoms with van der Waals surface area (Å²) in [6.45, 7) is 1.74. The van der Waals surface area contributed by atoms with Crippen LogP contribution in [-0.4, -0.2) is 26.1 Å². The summed E-state index contributed by atoms with van der Waals surface area (Å²) in [4.78, 5) is 23.2. The van der Waals surface area contributed by atoms with Crippen LogP contribution in [0.4, 0.5) is 0 Å². The molecule has 0 aromatic heterocycles. The highest BCUT2D eigenvalue weighted by Gasteiger charge is 2.15. The summed E-state index contributed by atoms with van der Waals surface area (Å²) >= 11 is 0. The van der Waals surface area contributed by atoms with Gasteiger partial charge in [0.2, 0.25) is 11.7 Å². The topological polar surface area (TPSA) is 73.9 Å². The molecule has 2 aromatic rings. The fraction of sp³-hybridized carbons (Fsp3) is 0.200. The van der Waals surface area contributed by atoms with Gasteiger partial charge in [0.25, 0.3) is 0 Å². The second-order valence-electron chi connectivity index (χ2n) is 5.38. The number of hydrogen-bond acceptors (Lipinski definition) is 5. The van der Waals surface area contributed by atoms with E-state index in [1.54, 1.807) is 18.2 Å². The van der Waals surface area contributed by atoms with Gasteiger partial charge in [-0.15, -0.1) is 0 Å². The van der Waals surface area contributed by atoms with Crippen molar-refractivity contribution in [2.75, 3.05) is 14.2 Å². The van der Waals surface area contributed by atoms with Crippen molar-refractivity contribution in [3.05, 3.63) is 59.7 Å². The van der Waals surface area contributed by atoms with Gasteiger partial charge in [-0.1, -0.05) is 30.3 Å². The van der Waals surface area contributed by atoms with Crippen molar-refractivity contribution in [2.24, 2.45) is 0 Å². The molecule has 0 unspecified atom stereocenters. The number of rotatable bonds is 7. The second kappa shape index (κ2) is 9.27. The van der Waals surface area contributed by atoms with Gasteiger partial charge in [0.15, 0.2) is 11.5 Å². The number of carbonyl (C=O) groups excluding carboxylic acids is 2. The highest BCUT2D eigenvalue weighted by Crippen LogP contribution is 2.39. The molecule has 1 N–H and O–H groups in total. The van der Waals surface area contributed by atoms with E-state index in [2.05, 4.69) is 5.32 Å². The molecule has 0 aliphatic heterocycles. The zero-order valence-corrected chi connectivity index (χ0v) is 14.9. The summed E-state index contributed by atoms with van der Waals surface area (Å²) < 4.78 is 15.6. The number of ether oxygens (including phenoxy) is 3. The fourth-order valence-electron chi connectivity index (χ4n) is 2.26. The molecule has 136 valence electrons. The largest absolute Gasteiger partial charge is 0.493 e. The first-order valence-corrected chi connectivity index (χ1v) is 7.97.